The Morgan fingerprint density at radius 2 is 1.75 bits per heavy atom. The van der Waals surface area contributed by atoms with E-state index in [0.717, 1.165) is 11.8 Å². The van der Waals surface area contributed by atoms with Crippen LogP contribution in [0.2, 0.25) is 0 Å². The van der Waals surface area contributed by atoms with E-state index in [4.69, 9.17) is 0 Å². The lowest BCUT2D eigenvalue weighted by Gasteiger charge is -2.23. The third kappa shape index (κ3) is 4.79. The van der Waals surface area contributed by atoms with E-state index in [-0.39, 0.29) is 0 Å². The van der Waals surface area contributed by atoms with Crippen molar-refractivity contribution in [2.75, 3.05) is 0 Å². The van der Waals surface area contributed by atoms with E-state index in [0.29, 0.717) is 5.92 Å². The maximum atomic E-state index is 4.07. The molecule has 3 unspecified atom stereocenters. The Balaban J connectivity index is 3.78. The molecule has 0 spiro atoms. The summed E-state index contributed by atoms with van der Waals surface area (Å²) >= 11 is 0. The molecule has 12 heavy (non-hydrogen) atoms. The minimum absolute atomic E-state index is 0.620. The van der Waals surface area contributed by atoms with E-state index < -0.39 is 0 Å². The molecule has 0 aromatic rings. The average molecular weight is 169 g/mol. The quantitative estimate of drug-likeness (QED) is 0.556. The van der Waals surface area contributed by atoms with Crippen LogP contribution in [0.4, 0.5) is 0 Å². The predicted molar refractivity (Wildman–Crippen MR) is 57.0 cm³/mol. The van der Waals surface area contributed by atoms with Crippen molar-refractivity contribution < 1.29 is 0 Å². The monoisotopic (exact) mass is 169 g/mol. The van der Waals surface area contributed by atoms with E-state index in [1.54, 1.807) is 0 Å². The molecular weight excluding hydrogens is 144 g/mol. The smallest absolute Gasteiger partial charge is 0.0389 e. The largest absolute Gasteiger partial charge is 0.0654 e. The number of hydrogen-bond acceptors (Lipinski definition) is 0. The number of rotatable bonds is 6. The zero-order valence-corrected chi connectivity index (χ0v) is 9.27. The molecule has 73 valence electrons. The fourth-order valence-corrected chi connectivity index (χ4v) is 2.01. The third-order valence-electron chi connectivity index (χ3n) is 2.78. The van der Waals surface area contributed by atoms with Crippen molar-refractivity contribution >= 4 is 0 Å². The lowest BCUT2D eigenvalue weighted by Crippen LogP contribution is -2.13. The van der Waals surface area contributed by atoms with Gasteiger partial charge in [0.05, 0.1) is 0 Å². The van der Waals surface area contributed by atoms with Gasteiger partial charge in [-0.25, -0.2) is 0 Å². The first-order valence-electron chi connectivity index (χ1n) is 5.44. The van der Waals surface area contributed by atoms with Crippen molar-refractivity contribution in [2.24, 2.45) is 17.8 Å². The van der Waals surface area contributed by atoms with Gasteiger partial charge in [0.1, 0.15) is 0 Å². The third-order valence-corrected chi connectivity index (χ3v) is 2.78. The van der Waals surface area contributed by atoms with Gasteiger partial charge < -0.3 is 0 Å². The molecule has 0 saturated heterocycles. The summed E-state index contributed by atoms with van der Waals surface area (Å²) < 4.78 is 0. The van der Waals surface area contributed by atoms with E-state index in [1.165, 1.54) is 25.7 Å². The first-order valence-corrected chi connectivity index (χ1v) is 5.44. The molecule has 0 aromatic carbocycles. The second kappa shape index (κ2) is 6.51. The molecule has 0 aromatic heterocycles. The van der Waals surface area contributed by atoms with Gasteiger partial charge in [-0.1, -0.05) is 53.9 Å². The molecule has 0 saturated carbocycles. The summed E-state index contributed by atoms with van der Waals surface area (Å²) in [5, 5.41) is 0. The second-order valence-electron chi connectivity index (χ2n) is 4.28. The first-order chi connectivity index (χ1) is 5.61. The van der Waals surface area contributed by atoms with E-state index in [1.807, 2.05) is 0 Å². The van der Waals surface area contributed by atoms with Gasteiger partial charge in [-0.15, -0.1) is 0 Å². The minimum atomic E-state index is 0.620. The van der Waals surface area contributed by atoms with Gasteiger partial charge in [0.15, 0.2) is 0 Å². The Labute approximate surface area is 78.8 Å². The second-order valence-corrected chi connectivity index (χ2v) is 4.28. The molecule has 0 N–H and O–H groups in total. The Morgan fingerprint density at radius 1 is 1.17 bits per heavy atom. The molecule has 0 bridgehead atoms. The van der Waals surface area contributed by atoms with Crippen LogP contribution in [0.25, 0.3) is 0 Å². The van der Waals surface area contributed by atoms with Crippen LogP contribution in [-0.4, -0.2) is 0 Å². The molecular formula is C12H25. The van der Waals surface area contributed by atoms with Gasteiger partial charge in [0.25, 0.3) is 0 Å². The maximum absolute atomic E-state index is 4.07. The fraction of sp³-hybridized carbons (Fsp3) is 0.917. The van der Waals surface area contributed by atoms with Gasteiger partial charge in [0.2, 0.25) is 0 Å². The van der Waals surface area contributed by atoms with Gasteiger partial charge in [-0.05, 0) is 24.2 Å². The van der Waals surface area contributed by atoms with Crippen LogP contribution >= 0.6 is 0 Å². The highest BCUT2D eigenvalue weighted by Gasteiger charge is 2.15. The molecule has 0 heteroatoms. The predicted octanol–water partition coefficient (Wildman–Crippen LogP) is 4.31. The molecule has 0 nitrogen and oxygen atoms in total. The van der Waals surface area contributed by atoms with Gasteiger partial charge in [-0.2, -0.15) is 0 Å². The summed E-state index contributed by atoms with van der Waals surface area (Å²) in [6, 6.07) is 0. The minimum Gasteiger partial charge on any atom is -0.0654 e. The van der Waals surface area contributed by atoms with Crippen molar-refractivity contribution in [3.63, 3.8) is 0 Å². The van der Waals surface area contributed by atoms with Crippen molar-refractivity contribution in [1.82, 2.24) is 0 Å². The Hall–Kier alpha value is 0. The topological polar surface area (TPSA) is 0 Å². The van der Waals surface area contributed by atoms with Crippen LogP contribution in [0, 0.1) is 24.7 Å². The Kier molecular flexibility index (Phi) is 6.51. The van der Waals surface area contributed by atoms with E-state index in [9.17, 15) is 0 Å². The molecule has 0 heterocycles. The molecule has 0 rings (SSSR count). The van der Waals surface area contributed by atoms with Crippen molar-refractivity contribution in [3.8, 4) is 0 Å². The molecule has 0 amide bonds. The van der Waals surface area contributed by atoms with Crippen LogP contribution in [-0.2, 0) is 0 Å². The molecule has 3 atom stereocenters. The zero-order valence-electron chi connectivity index (χ0n) is 9.27. The highest BCUT2D eigenvalue weighted by Crippen LogP contribution is 2.26. The normalized spacial score (nSPS) is 16.5. The lowest BCUT2D eigenvalue weighted by atomic mass is 9.82. The summed E-state index contributed by atoms with van der Waals surface area (Å²) in [6.07, 6.45) is 5.33. The summed E-state index contributed by atoms with van der Waals surface area (Å²) in [6.45, 7) is 13.3. The summed E-state index contributed by atoms with van der Waals surface area (Å²) in [7, 11) is 0. The summed E-state index contributed by atoms with van der Waals surface area (Å²) in [5.41, 5.74) is 0. The highest BCUT2D eigenvalue weighted by atomic mass is 14.2. The van der Waals surface area contributed by atoms with Gasteiger partial charge >= 0.3 is 0 Å². The van der Waals surface area contributed by atoms with Gasteiger partial charge in [0, 0.05) is 0 Å². The Morgan fingerprint density at radius 3 is 2.08 bits per heavy atom. The highest BCUT2D eigenvalue weighted by molar-refractivity contribution is 4.68. The van der Waals surface area contributed by atoms with Crippen LogP contribution < -0.4 is 0 Å². The first kappa shape index (κ1) is 12.0. The SMILES string of the molecule is [CH2]C(C)CC(CC)C(C)CCC. The molecule has 1 radical (unpaired) electrons. The molecule has 0 aliphatic heterocycles. The molecule has 0 fully saturated rings. The van der Waals surface area contributed by atoms with Crippen molar-refractivity contribution in [1.29, 1.82) is 0 Å². The van der Waals surface area contributed by atoms with E-state index in [2.05, 4.69) is 34.6 Å². The fourth-order valence-electron chi connectivity index (χ4n) is 2.01. The van der Waals surface area contributed by atoms with E-state index >= 15 is 0 Å². The molecule has 0 aliphatic rings. The van der Waals surface area contributed by atoms with Crippen LogP contribution in [0.5, 0.6) is 0 Å². The number of hydrogen-bond donors (Lipinski definition) is 0. The van der Waals surface area contributed by atoms with Crippen molar-refractivity contribution in [2.45, 2.75) is 53.4 Å². The van der Waals surface area contributed by atoms with Crippen molar-refractivity contribution in [3.05, 3.63) is 6.92 Å². The standard InChI is InChI=1S/C12H25/c1-6-8-11(5)12(7-2)9-10(3)4/h10-12H,3,6-9H2,1-2,4-5H3. The van der Waals surface area contributed by atoms with Gasteiger partial charge in [-0.3, -0.25) is 0 Å². The summed E-state index contributed by atoms with van der Waals surface area (Å²) in [5.74, 6) is 2.41. The Bertz CT molecular complexity index is 94.2. The lowest BCUT2D eigenvalue weighted by molar-refractivity contribution is 0.284. The van der Waals surface area contributed by atoms with Crippen LogP contribution in [0.1, 0.15) is 53.4 Å². The summed E-state index contributed by atoms with van der Waals surface area (Å²) in [4.78, 5) is 0. The molecule has 0 aliphatic carbocycles. The van der Waals surface area contributed by atoms with Crippen LogP contribution in [0.15, 0.2) is 0 Å². The maximum Gasteiger partial charge on any atom is -0.0389 e. The average Bonchev–Trinajstić information content (AvgIpc) is 2.00. The zero-order chi connectivity index (χ0) is 9.56. The van der Waals surface area contributed by atoms with Crippen LogP contribution in [0.3, 0.4) is 0 Å².